The van der Waals surface area contributed by atoms with E-state index in [-0.39, 0.29) is 5.41 Å². The molecule has 6 aromatic carbocycles. The van der Waals surface area contributed by atoms with Crippen molar-refractivity contribution >= 4 is 16.8 Å². The zero-order valence-electron chi connectivity index (χ0n) is 27.9. The van der Waals surface area contributed by atoms with Gasteiger partial charge in [-0.25, -0.2) is 0 Å². The molecule has 240 valence electrons. The van der Waals surface area contributed by atoms with Gasteiger partial charge < -0.3 is 14.2 Å². The predicted octanol–water partition coefficient (Wildman–Crippen LogP) is 11.0. The molecule has 2 bridgehead atoms. The van der Waals surface area contributed by atoms with Gasteiger partial charge in [0.05, 0.1) is 14.2 Å². The maximum absolute atomic E-state index is 7.65. The monoisotopic (exact) mass is 638 g/mol. The molecule has 2 saturated carbocycles. The van der Waals surface area contributed by atoms with E-state index in [4.69, 9.17) is 14.2 Å². The van der Waals surface area contributed by atoms with Crippen LogP contribution in [-0.2, 0) is 11.0 Å². The molecule has 49 heavy (non-hydrogen) atoms. The summed E-state index contributed by atoms with van der Waals surface area (Å²) in [5.74, 6) is 3.78. The van der Waals surface area contributed by atoms with Crippen LogP contribution in [0.15, 0.2) is 127 Å². The first-order valence-corrected chi connectivity index (χ1v) is 17.6. The Bertz CT molecular complexity index is 2300. The van der Waals surface area contributed by atoms with Crippen LogP contribution in [0.3, 0.4) is 0 Å². The summed E-state index contributed by atoms with van der Waals surface area (Å²) < 4.78 is 19.2. The molecule has 4 atom stereocenters. The molecule has 0 aromatic heterocycles. The quantitative estimate of drug-likeness (QED) is 0.188. The summed E-state index contributed by atoms with van der Waals surface area (Å²) in [5.41, 5.74) is 10.6. The third-order valence-corrected chi connectivity index (χ3v) is 12.2. The number of ether oxygens (including phenoxy) is 3. The molecule has 4 unspecified atom stereocenters. The zero-order chi connectivity index (χ0) is 32.7. The van der Waals surface area contributed by atoms with Crippen molar-refractivity contribution in [3.63, 3.8) is 0 Å². The van der Waals surface area contributed by atoms with Crippen molar-refractivity contribution in [3.05, 3.63) is 155 Å². The van der Waals surface area contributed by atoms with Gasteiger partial charge in [-0.3, -0.25) is 0 Å². The summed E-state index contributed by atoms with van der Waals surface area (Å²) in [4.78, 5) is 0. The first-order valence-electron chi connectivity index (χ1n) is 17.6. The Morgan fingerprint density at radius 1 is 0.673 bits per heavy atom. The van der Waals surface area contributed by atoms with Gasteiger partial charge in [-0.15, -0.1) is 0 Å². The summed E-state index contributed by atoms with van der Waals surface area (Å²) in [6.07, 6.45) is 9.89. The third kappa shape index (κ3) is 3.90. The van der Waals surface area contributed by atoms with Gasteiger partial charge in [-0.2, -0.15) is 0 Å². The topological polar surface area (TPSA) is 27.7 Å². The van der Waals surface area contributed by atoms with E-state index in [2.05, 4.69) is 127 Å². The normalized spacial score (nSPS) is 24.0. The second-order valence-corrected chi connectivity index (χ2v) is 14.3. The van der Waals surface area contributed by atoms with E-state index in [0.29, 0.717) is 17.4 Å². The van der Waals surface area contributed by atoms with Crippen LogP contribution in [0.2, 0.25) is 0 Å². The molecule has 3 aliphatic carbocycles. The van der Waals surface area contributed by atoms with Crippen molar-refractivity contribution in [3.8, 4) is 39.5 Å². The highest BCUT2D eigenvalue weighted by molar-refractivity contribution is 6.08. The van der Waals surface area contributed by atoms with Crippen molar-refractivity contribution in [1.29, 1.82) is 0 Å². The maximum Gasteiger partial charge on any atom is 0.178 e. The Morgan fingerprint density at radius 3 is 2.14 bits per heavy atom. The van der Waals surface area contributed by atoms with Crippen LogP contribution >= 0.6 is 0 Å². The van der Waals surface area contributed by atoms with Crippen molar-refractivity contribution in [1.82, 2.24) is 0 Å². The molecule has 10 rings (SSSR count). The van der Waals surface area contributed by atoms with Gasteiger partial charge in [0.1, 0.15) is 5.75 Å². The molecule has 0 N–H and O–H groups in total. The Morgan fingerprint density at radius 2 is 1.39 bits per heavy atom. The lowest BCUT2D eigenvalue weighted by Crippen LogP contribution is -2.36. The lowest BCUT2D eigenvalue weighted by Gasteiger charge is -2.41. The van der Waals surface area contributed by atoms with Crippen molar-refractivity contribution in [2.75, 3.05) is 14.2 Å². The third-order valence-electron chi connectivity index (χ3n) is 12.2. The fourth-order valence-electron chi connectivity index (χ4n) is 10.1. The molecule has 0 amide bonds. The van der Waals surface area contributed by atoms with Crippen molar-refractivity contribution in [2.45, 2.75) is 36.7 Å². The van der Waals surface area contributed by atoms with E-state index in [1.54, 1.807) is 14.2 Å². The minimum Gasteiger partial charge on any atom is -0.493 e. The largest absolute Gasteiger partial charge is 0.493 e. The smallest absolute Gasteiger partial charge is 0.178 e. The zero-order valence-corrected chi connectivity index (χ0v) is 27.9. The van der Waals surface area contributed by atoms with E-state index >= 15 is 0 Å². The molecule has 3 heteroatoms. The fraction of sp³-hybridized carbons (Fsp3) is 0.217. The fourth-order valence-corrected chi connectivity index (χ4v) is 10.1. The molecule has 2 fully saturated rings. The van der Waals surface area contributed by atoms with E-state index in [9.17, 15) is 0 Å². The van der Waals surface area contributed by atoms with E-state index in [1.807, 2.05) is 6.07 Å². The Hall–Kier alpha value is -5.28. The standard InChI is InChI=1S/C46H38O3/c1-47-40-23-22-34(27-41(40)48-2)46(32-20-17-31(18-21-32)30-10-4-3-5-11-30)25-24-38-43-42(35-12-6-7-13-36(35)44(38)49-46)37-14-8-9-15-39(37)45(43)28-29-16-19-33(45)26-29/h3-15,17-18,20-25,27,29,33H,16,19,26,28H2,1-2H3. The van der Waals surface area contributed by atoms with E-state index in [1.165, 1.54) is 70.0 Å². The summed E-state index contributed by atoms with van der Waals surface area (Å²) in [6, 6.07) is 43.7. The predicted molar refractivity (Wildman–Crippen MR) is 197 cm³/mol. The number of rotatable bonds is 5. The first-order chi connectivity index (χ1) is 24.1. The van der Waals surface area contributed by atoms with Crippen LogP contribution in [0.25, 0.3) is 39.1 Å². The Labute approximate surface area is 287 Å². The molecule has 3 nitrogen and oxygen atoms in total. The van der Waals surface area contributed by atoms with Gasteiger partial charge in [0, 0.05) is 27.5 Å². The average molecular weight is 639 g/mol. The molecule has 1 spiro atoms. The van der Waals surface area contributed by atoms with E-state index in [0.717, 1.165) is 28.2 Å². The number of hydrogen-bond acceptors (Lipinski definition) is 3. The summed E-state index contributed by atoms with van der Waals surface area (Å²) in [7, 11) is 3.37. The number of benzene rings is 6. The molecule has 0 saturated heterocycles. The lowest BCUT2D eigenvalue weighted by molar-refractivity contribution is 0.162. The van der Waals surface area contributed by atoms with Crippen LogP contribution in [0.1, 0.15) is 53.5 Å². The minimum absolute atomic E-state index is 0.0251. The second kappa shape index (κ2) is 10.6. The molecular weight excluding hydrogens is 601 g/mol. The molecule has 0 radical (unpaired) electrons. The van der Waals surface area contributed by atoms with Crippen molar-refractivity contribution < 1.29 is 14.2 Å². The lowest BCUT2D eigenvalue weighted by atomic mass is 9.65. The molecule has 6 aromatic rings. The van der Waals surface area contributed by atoms with Gasteiger partial charge in [0.15, 0.2) is 17.1 Å². The van der Waals surface area contributed by atoms with E-state index < -0.39 is 5.60 Å². The minimum atomic E-state index is -0.897. The second-order valence-electron chi connectivity index (χ2n) is 14.3. The van der Waals surface area contributed by atoms with Crippen LogP contribution in [0, 0.1) is 11.8 Å². The van der Waals surface area contributed by atoms with Crippen LogP contribution in [0.4, 0.5) is 0 Å². The van der Waals surface area contributed by atoms with Gasteiger partial charge in [-0.1, -0.05) is 122 Å². The average Bonchev–Trinajstić information content (AvgIpc) is 3.87. The molecule has 1 aliphatic heterocycles. The van der Waals surface area contributed by atoms with Gasteiger partial charge >= 0.3 is 0 Å². The number of hydrogen-bond donors (Lipinski definition) is 0. The van der Waals surface area contributed by atoms with Gasteiger partial charge in [0.2, 0.25) is 0 Å². The number of methoxy groups -OCH3 is 2. The first kappa shape index (κ1) is 28.7. The summed E-state index contributed by atoms with van der Waals surface area (Å²) in [5, 5.41) is 2.43. The molecular formula is C46H38O3. The summed E-state index contributed by atoms with van der Waals surface area (Å²) in [6.45, 7) is 0. The maximum atomic E-state index is 7.65. The van der Waals surface area contributed by atoms with Crippen LogP contribution in [-0.4, -0.2) is 14.2 Å². The molecule has 1 heterocycles. The Balaban J connectivity index is 1.23. The van der Waals surface area contributed by atoms with Crippen LogP contribution in [0.5, 0.6) is 17.2 Å². The Kier molecular flexibility index (Phi) is 6.22. The summed E-state index contributed by atoms with van der Waals surface area (Å²) >= 11 is 0. The van der Waals surface area contributed by atoms with Gasteiger partial charge in [-0.05, 0) is 88.1 Å². The molecule has 4 aliphatic rings. The number of fused-ring (bicyclic) bond motifs is 13. The highest BCUT2D eigenvalue weighted by Gasteiger charge is 2.58. The van der Waals surface area contributed by atoms with Crippen molar-refractivity contribution in [2.24, 2.45) is 11.8 Å². The van der Waals surface area contributed by atoms with Crippen LogP contribution < -0.4 is 14.2 Å². The SMILES string of the molecule is COc1ccc(C2(c3ccc(-c4ccccc4)cc3)C=Cc3c4c(c5ccccc5c3O2)-c2ccccc2C42CC3CCC2C3)cc1OC. The van der Waals surface area contributed by atoms with Gasteiger partial charge in [0.25, 0.3) is 0 Å². The highest BCUT2D eigenvalue weighted by Crippen LogP contribution is 2.68. The highest BCUT2D eigenvalue weighted by atomic mass is 16.5.